The standard InChI is InChI=1S/C30H33F/c1-3-4-23-9-11-25(12-10-23)13-14-26-16-20-29-28(21-26)19-18-27(30(29)31)17-15-24-7-5-22(2)6-8-24/h9-12,16,18-22,24H,3-8,15,17H2,1-2H3. The van der Waals surface area contributed by atoms with Crippen molar-refractivity contribution >= 4 is 10.8 Å². The van der Waals surface area contributed by atoms with Crippen LogP contribution in [0.15, 0.2) is 54.6 Å². The zero-order valence-corrected chi connectivity index (χ0v) is 18.9. The molecule has 0 N–H and O–H groups in total. The van der Waals surface area contributed by atoms with Gasteiger partial charge in [-0.05, 0) is 71.9 Å². The van der Waals surface area contributed by atoms with Crippen molar-refractivity contribution in [3.05, 3.63) is 82.7 Å². The predicted molar refractivity (Wildman–Crippen MR) is 130 cm³/mol. The Kier molecular flexibility index (Phi) is 7.08. The maximum atomic E-state index is 15.1. The highest BCUT2D eigenvalue weighted by Crippen LogP contribution is 2.32. The van der Waals surface area contributed by atoms with Gasteiger partial charge in [-0.1, -0.05) is 88.1 Å². The molecule has 1 heteroatoms. The molecule has 0 saturated heterocycles. The second-order valence-electron chi connectivity index (χ2n) is 9.34. The summed E-state index contributed by atoms with van der Waals surface area (Å²) in [6.45, 7) is 4.54. The first-order chi connectivity index (χ1) is 15.1. The van der Waals surface area contributed by atoms with Crippen molar-refractivity contribution in [3.8, 4) is 11.8 Å². The SMILES string of the molecule is CCCc1ccc(C#Cc2ccc3c(F)c(CCC4CCC(C)CC4)ccc3c2)cc1. The normalized spacial score (nSPS) is 18.5. The minimum atomic E-state index is -0.0484. The summed E-state index contributed by atoms with van der Waals surface area (Å²) < 4.78 is 15.1. The lowest BCUT2D eigenvalue weighted by molar-refractivity contribution is 0.277. The number of hydrogen-bond acceptors (Lipinski definition) is 0. The predicted octanol–water partition coefficient (Wildman–Crippen LogP) is 8.09. The van der Waals surface area contributed by atoms with Gasteiger partial charge in [0.25, 0.3) is 0 Å². The van der Waals surface area contributed by atoms with E-state index in [2.05, 4.69) is 56.0 Å². The smallest absolute Gasteiger partial charge is 0.134 e. The molecule has 0 aliphatic heterocycles. The summed E-state index contributed by atoms with van der Waals surface area (Å²) in [5.74, 6) is 8.06. The van der Waals surface area contributed by atoms with Gasteiger partial charge in [0.15, 0.2) is 0 Å². The first kappa shape index (κ1) is 21.6. The molecule has 160 valence electrons. The molecule has 0 heterocycles. The van der Waals surface area contributed by atoms with E-state index in [9.17, 15) is 0 Å². The van der Waals surface area contributed by atoms with E-state index in [1.165, 1.54) is 31.2 Å². The molecule has 0 radical (unpaired) electrons. The second kappa shape index (κ2) is 10.1. The number of rotatable bonds is 5. The van der Waals surface area contributed by atoms with Crippen LogP contribution >= 0.6 is 0 Å². The lowest BCUT2D eigenvalue weighted by atomic mass is 9.80. The number of aryl methyl sites for hydroxylation is 2. The van der Waals surface area contributed by atoms with Crippen LogP contribution in [-0.2, 0) is 12.8 Å². The third-order valence-electron chi connectivity index (χ3n) is 6.84. The Morgan fingerprint density at radius 1 is 0.839 bits per heavy atom. The molecule has 1 aliphatic carbocycles. The maximum Gasteiger partial charge on any atom is 0.134 e. The quantitative estimate of drug-likeness (QED) is 0.371. The van der Waals surface area contributed by atoms with Crippen LogP contribution < -0.4 is 0 Å². The summed E-state index contributed by atoms with van der Waals surface area (Å²) in [5.41, 5.74) is 4.15. The van der Waals surface area contributed by atoms with E-state index >= 15 is 4.39 Å². The van der Waals surface area contributed by atoms with Crippen molar-refractivity contribution in [2.75, 3.05) is 0 Å². The van der Waals surface area contributed by atoms with Gasteiger partial charge in [-0.15, -0.1) is 0 Å². The van der Waals surface area contributed by atoms with Gasteiger partial charge >= 0.3 is 0 Å². The van der Waals surface area contributed by atoms with Crippen LogP contribution in [0.1, 0.15) is 74.6 Å². The first-order valence-electron chi connectivity index (χ1n) is 11.9. The van der Waals surface area contributed by atoms with Crippen LogP contribution in [0.25, 0.3) is 10.8 Å². The first-order valence-corrected chi connectivity index (χ1v) is 11.9. The Balaban J connectivity index is 1.46. The average Bonchev–Trinajstić information content (AvgIpc) is 2.79. The molecule has 0 atom stereocenters. The molecule has 0 aromatic heterocycles. The molecule has 4 rings (SSSR count). The number of fused-ring (bicyclic) bond motifs is 1. The molecule has 31 heavy (non-hydrogen) atoms. The second-order valence-corrected chi connectivity index (χ2v) is 9.34. The summed E-state index contributed by atoms with van der Waals surface area (Å²) in [6, 6.07) is 18.3. The van der Waals surface area contributed by atoms with Crippen LogP contribution in [-0.4, -0.2) is 0 Å². The van der Waals surface area contributed by atoms with Crippen LogP contribution in [0, 0.1) is 29.5 Å². The topological polar surface area (TPSA) is 0 Å². The monoisotopic (exact) mass is 412 g/mol. The van der Waals surface area contributed by atoms with Crippen molar-refractivity contribution in [1.29, 1.82) is 0 Å². The van der Waals surface area contributed by atoms with E-state index in [1.807, 2.05) is 24.3 Å². The molecule has 0 amide bonds. The summed E-state index contributed by atoms with van der Waals surface area (Å²) in [5, 5.41) is 1.64. The lowest BCUT2D eigenvalue weighted by Gasteiger charge is -2.26. The summed E-state index contributed by atoms with van der Waals surface area (Å²) in [7, 11) is 0. The van der Waals surface area contributed by atoms with Gasteiger partial charge in [-0.25, -0.2) is 4.39 Å². The van der Waals surface area contributed by atoms with Crippen molar-refractivity contribution in [1.82, 2.24) is 0 Å². The molecule has 0 spiro atoms. The number of hydrogen-bond donors (Lipinski definition) is 0. The number of halogens is 1. The number of benzene rings is 3. The fraction of sp³-hybridized carbons (Fsp3) is 0.400. The Bertz CT molecular complexity index is 1070. The van der Waals surface area contributed by atoms with Gasteiger partial charge in [0.05, 0.1) is 0 Å². The Morgan fingerprint density at radius 2 is 1.55 bits per heavy atom. The van der Waals surface area contributed by atoms with Crippen molar-refractivity contribution < 1.29 is 4.39 Å². The highest BCUT2D eigenvalue weighted by atomic mass is 19.1. The largest absolute Gasteiger partial charge is 0.206 e. The van der Waals surface area contributed by atoms with E-state index in [4.69, 9.17) is 0 Å². The van der Waals surface area contributed by atoms with Crippen LogP contribution in [0.2, 0.25) is 0 Å². The molecule has 0 bridgehead atoms. The van der Waals surface area contributed by atoms with Crippen LogP contribution in [0.3, 0.4) is 0 Å². The molecule has 1 saturated carbocycles. The molecule has 0 nitrogen and oxygen atoms in total. The van der Waals surface area contributed by atoms with Crippen molar-refractivity contribution in [2.24, 2.45) is 11.8 Å². The Hall–Kier alpha value is -2.59. The molecule has 1 aliphatic rings. The minimum Gasteiger partial charge on any atom is -0.206 e. The van der Waals surface area contributed by atoms with Crippen molar-refractivity contribution in [2.45, 2.75) is 65.2 Å². The van der Waals surface area contributed by atoms with Gasteiger partial charge in [0, 0.05) is 16.5 Å². The summed E-state index contributed by atoms with van der Waals surface area (Å²) in [4.78, 5) is 0. The molecular formula is C30H33F. The van der Waals surface area contributed by atoms with Gasteiger partial charge in [0.2, 0.25) is 0 Å². The fourth-order valence-electron chi connectivity index (χ4n) is 4.77. The fourth-order valence-corrected chi connectivity index (χ4v) is 4.77. The van der Waals surface area contributed by atoms with E-state index in [-0.39, 0.29) is 5.82 Å². The highest BCUT2D eigenvalue weighted by Gasteiger charge is 2.18. The summed E-state index contributed by atoms with van der Waals surface area (Å²) in [6.07, 6.45) is 9.48. The third-order valence-corrected chi connectivity index (χ3v) is 6.84. The maximum absolute atomic E-state index is 15.1. The Labute approximate surface area is 186 Å². The highest BCUT2D eigenvalue weighted by molar-refractivity contribution is 5.85. The molecule has 0 unspecified atom stereocenters. The molecule has 3 aromatic carbocycles. The van der Waals surface area contributed by atoms with Crippen LogP contribution in [0.4, 0.5) is 4.39 Å². The zero-order chi connectivity index (χ0) is 21.6. The van der Waals surface area contributed by atoms with E-state index in [0.717, 1.165) is 59.6 Å². The molecule has 1 fully saturated rings. The van der Waals surface area contributed by atoms with Gasteiger partial charge in [0.1, 0.15) is 5.82 Å². The van der Waals surface area contributed by atoms with Crippen molar-refractivity contribution in [3.63, 3.8) is 0 Å². The third kappa shape index (κ3) is 5.56. The average molecular weight is 413 g/mol. The molecular weight excluding hydrogens is 379 g/mol. The van der Waals surface area contributed by atoms with E-state index in [0.29, 0.717) is 5.39 Å². The van der Waals surface area contributed by atoms with E-state index in [1.54, 1.807) is 0 Å². The minimum absolute atomic E-state index is 0.0484. The van der Waals surface area contributed by atoms with Gasteiger partial charge in [-0.3, -0.25) is 0 Å². The molecule has 3 aromatic rings. The van der Waals surface area contributed by atoms with E-state index < -0.39 is 0 Å². The van der Waals surface area contributed by atoms with Gasteiger partial charge < -0.3 is 0 Å². The zero-order valence-electron chi connectivity index (χ0n) is 18.9. The lowest BCUT2D eigenvalue weighted by Crippen LogP contribution is -2.13. The van der Waals surface area contributed by atoms with Crippen LogP contribution in [0.5, 0.6) is 0 Å². The van der Waals surface area contributed by atoms with Gasteiger partial charge in [-0.2, -0.15) is 0 Å². The summed E-state index contributed by atoms with van der Waals surface area (Å²) >= 11 is 0. The Morgan fingerprint density at radius 3 is 2.29 bits per heavy atom.